The second-order valence-electron chi connectivity index (χ2n) is 0.854. The van der Waals surface area contributed by atoms with E-state index in [4.69, 9.17) is 0 Å². The summed E-state index contributed by atoms with van der Waals surface area (Å²) in [6.07, 6.45) is 2.28. The molecule has 1 heteroatoms. The van der Waals surface area contributed by atoms with Crippen molar-refractivity contribution in [3.8, 4) is 0 Å². The topological polar surface area (TPSA) is 0 Å². The quantitative estimate of drug-likeness (QED) is 0.399. The van der Waals surface area contributed by atoms with Crippen LogP contribution in [0.2, 0.25) is 0 Å². The molecule has 0 fully saturated rings. The van der Waals surface area contributed by atoms with Crippen LogP contribution in [0.5, 0.6) is 0 Å². The molecule has 0 bridgehead atoms. The van der Waals surface area contributed by atoms with Crippen molar-refractivity contribution in [3.05, 3.63) is 13.8 Å². The summed E-state index contributed by atoms with van der Waals surface area (Å²) in [5.41, 5.74) is 0. The zero-order valence-corrected chi connectivity index (χ0v) is 8.50. The fourth-order valence-corrected chi connectivity index (χ4v) is 0. The maximum atomic E-state index is 3.60. The van der Waals surface area contributed by atoms with Crippen LogP contribution < -0.4 is 0 Å². The second-order valence-corrected chi connectivity index (χ2v) is 0.854. The van der Waals surface area contributed by atoms with E-state index in [1.165, 1.54) is 6.42 Å². The summed E-state index contributed by atoms with van der Waals surface area (Å²) in [4.78, 5) is 0. The first-order valence-electron chi connectivity index (χ1n) is 2.41. The van der Waals surface area contributed by atoms with Gasteiger partial charge < -0.3 is 13.8 Å². The maximum absolute atomic E-state index is 3.60. The number of rotatable bonds is 1. The molecular formula is C6H14Zn. The zero-order valence-electron chi connectivity index (χ0n) is 5.54. The van der Waals surface area contributed by atoms with Gasteiger partial charge >= 0.3 is 19.5 Å². The molecule has 0 aromatic heterocycles. The van der Waals surface area contributed by atoms with E-state index in [9.17, 15) is 0 Å². The standard InChI is InChI=1S/C4H9.C2H5.Zn/c1-3-4-2;1-2;/h1,3-4H2,2H3;1H2,2H3;/q2*-1;+2. The predicted molar refractivity (Wildman–Crippen MR) is 31.3 cm³/mol. The molecule has 0 N–H and O–H groups in total. The molecule has 7 heavy (non-hydrogen) atoms. The van der Waals surface area contributed by atoms with Gasteiger partial charge in [0.1, 0.15) is 0 Å². The van der Waals surface area contributed by atoms with Crippen molar-refractivity contribution in [2.75, 3.05) is 0 Å². The average Bonchev–Trinajstić information content (AvgIpc) is 1.72. The smallest absolute Gasteiger partial charge is 0.346 e. The fourth-order valence-electron chi connectivity index (χ4n) is 0. The molecule has 0 nitrogen and oxygen atoms in total. The van der Waals surface area contributed by atoms with Crippen LogP contribution in [0.15, 0.2) is 0 Å². The molecule has 0 aliphatic heterocycles. The van der Waals surface area contributed by atoms with Crippen molar-refractivity contribution < 1.29 is 19.5 Å². The van der Waals surface area contributed by atoms with Crippen molar-refractivity contribution in [2.45, 2.75) is 26.7 Å². The summed E-state index contributed by atoms with van der Waals surface area (Å²) in [6, 6.07) is 0. The minimum absolute atomic E-state index is 0. The largest absolute Gasteiger partial charge is 2.00 e. The van der Waals surface area contributed by atoms with E-state index in [2.05, 4.69) is 20.8 Å². The van der Waals surface area contributed by atoms with Gasteiger partial charge in [-0.15, -0.1) is 0 Å². The van der Waals surface area contributed by atoms with E-state index in [0.29, 0.717) is 0 Å². The molecule has 0 unspecified atom stereocenters. The third kappa shape index (κ3) is 53.7. The Balaban J connectivity index is -0.0000000480. The van der Waals surface area contributed by atoms with Gasteiger partial charge in [0, 0.05) is 0 Å². The predicted octanol–water partition coefficient (Wildman–Crippen LogP) is 2.46. The van der Waals surface area contributed by atoms with Crippen LogP contribution in [0.3, 0.4) is 0 Å². The Hall–Kier alpha value is 0.623. The Labute approximate surface area is 60.5 Å². The van der Waals surface area contributed by atoms with E-state index < -0.39 is 0 Å². The molecular weight excluding hydrogens is 137 g/mol. The first kappa shape index (κ1) is 15.6. The monoisotopic (exact) mass is 150 g/mol. The molecule has 0 rings (SSSR count). The molecule has 0 atom stereocenters. The van der Waals surface area contributed by atoms with E-state index in [0.717, 1.165) is 6.42 Å². The molecule has 0 aromatic rings. The van der Waals surface area contributed by atoms with Gasteiger partial charge in [-0.05, 0) is 0 Å². The summed E-state index contributed by atoms with van der Waals surface area (Å²) in [6.45, 7) is 10.7. The minimum Gasteiger partial charge on any atom is -0.346 e. The second kappa shape index (κ2) is 30.4. The van der Waals surface area contributed by atoms with Gasteiger partial charge in [-0.25, -0.2) is 0 Å². The van der Waals surface area contributed by atoms with Crippen molar-refractivity contribution in [2.24, 2.45) is 0 Å². The third-order valence-corrected chi connectivity index (χ3v) is 0.354. The molecule has 0 spiro atoms. The Bertz CT molecular complexity index is 6.14. The summed E-state index contributed by atoms with van der Waals surface area (Å²) < 4.78 is 0. The van der Waals surface area contributed by atoms with Crippen LogP contribution in [0.4, 0.5) is 0 Å². The average molecular weight is 152 g/mol. The Morgan fingerprint density at radius 1 is 1.29 bits per heavy atom. The molecule has 0 radical (unpaired) electrons. The Morgan fingerprint density at radius 3 is 1.43 bits per heavy atom. The molecule has 0 aliphatic rings. The number of hydrogen-bond acceptors (Lipinski definition) is 0. The number of unbranched alkanes of at least 4 members (excludes halogenated alkanes) is 1. The summed E-state index contributed by atoms with van der Waals surface area (Å²) in [5, 5.41) is 0. The summed E-state index contributed by atoms with van der Waals surface area (Å²) >= 11 is 0. The van der Waals surface area contributed by atoms with Gasteiger partial charge in [-0.1, -0.05) is 13.3 Å². The van der Waals surface area contributed by atoms with Crippen LogP contribution in [0.25, 0.3) is 0 Å². The van der Waals surface area contributed by atoms with E-state index >= 15 is 0 Å². The van der Waals surface area contributed by atoms with E-state index in [-0.39, 0.29) is 19.5 Å². The van der Waals surface area contributed by atoms with Crippen LogP contribution in [0, 0.1) is 13.8 Å². The van der Waals surface area contributed by atoms with Gasteiger partial charge in [0.25, 0.3) is 0 Å². The van der Waals surface area contributed by atoms with Crippen LogP contribution >= 0.6 is 0 Å². The normalized spacial score (nSPS) is 5.14. The SMILES string of the molecule is [CH2-]C.[CH2-]CCC.[Zn+2]. The van der Waals surface area contributed by atoms with Crippen LogP contribution in [-0.2, 0) is 19.5 Å². The molecule has 40 valence electrons. The summed E-state index contributed by atoms with van der Waals surface area (Å²) in [7, 11) is 0. The van der Waals surface area contributed by atoms with Crippen LogP contribution in [-0.4, -0.2) is 0 Å². The van der Waals surface area contributed by atoms with Crippen molar-refractivity contribution >= 4 is 0 Å². The molecule has 0 aliphatic carbocycles. The van der Waals surface area contributed by atoms with Crippen LogP contribution in [0.1, 0.15) is 26.7 Å². The Kier molecular flexibility index (Phi) is 68.0. The van der Waals surface area contributed by atoms with Crippen molar-refractivity contribution in [1.29, 1.82) is 0 Å². The van der Waals surface area contributed by atoms with Gasteiger partial charge in [0.05, 0.1) is 0 Å². The molecule has 0 amide bonds. The maximum Gasteiger partial charge on any atom is 2.00 e. The van der Waals surface area contributed by atoms with Crippen molar-refractivity contribution in [1.82, 2.24) is 0 Å². The third-order valence-electron chi connectivity index (χ3n) is 0.354. The molecule has 0 heterocycles. The minimum atomic E-state index is 0. The number of hydrogen-bond donors (Lipinski definition) is 0. The molecule has 0 saturated carbocycles. The van der Waals surface area contributed by atoms with Gasteiger partial charge in [-0.3, -0.25) is 0 Å². The van der Waals surface area contributed by atoms with Gasteiger partial charge in [0.15, 0.2) is 0 Å². The zero-order chi connectivity index (χ0) is 5.41. The first-order valence-corrected chi connectivity index (χ1v) is 2.41. The van der Waals surface area contributed by atoms with Crippen molar-refractivity contribution in [3.63, 3.8) is 0 Å². The molecule has 0 saturated heterocycles. The van der Waals surface area contributed by atoms with E-state index in [1.807, 2.05) is 0 Å². The Morgan fingerprint density at radius 2 is 1.43 bits per heavy atom. The molecule has 0 aromatic carbocycles. The van der Waals surface area contributed by atoms with Gasteiger partial charge in [-0.2, -0.15) is 13.3 Å². The fraction of sp³-hybridized carbons (Fsp3) is 0.667. The summed E-state index contributed by atoms with van der Waals surface area (Å²) in [5.74, 6) is 0. The van der Waals surface area contributed by atoms with Gasteiger partial charge in [0.2, 0.25) is 0 Å². The first-order chi connectivity index (χ1) is 2.91. The van der Waals surface area contributed by atoms with E-state index in [1.54, 1.807) is 6.92 Å².